The summed E-state index contributed by atoms with van der Waals surface area (Å²) in [6, 6.07) is 11.7. The van der Waals surface area contributed by atoms with Gasteiger partial charge >= 0.3 is 0 Å². The van der Waals surface area contributed by atoms with Crippen LogP contribution in [0.5, 0.6) is 0 Å². The number of rotatable bonds is 4. The third-order valence-corrected chi connectivity index (χ3v) is 3.98. The number of benzene rings is 2. The second-order valence-corrected chi connectivity index (χ2v) is 5.17. The molecule has 0 spiro atoms. The van der Waals surface area contributed by atoms with E-state index in [4.69, 9.17) is 17.3 Å². The summed E-state index contributed by atoms with van der Waals surface area (Å²) < 4.78 is 13.9. The largest absolute Gasteiger partial charge is 0.388 e. The minimum absolute atomic E-state index is 0.147. The fourth-order valence-electron chi connectivity index (χ4n) is 2.36. The Kier molecular flexibility index (Phi) is 4.76. The minimum Gasteiger partial charge on any atom is -0.388 e. The smallest absolute Gasteiger partial charge is 0.126 e. The highest BCUT2D eigenvalue weighted by Crippen LogP contribution is 2.34. The van der Waals surface area contributed by atoms with Gasteiger partial charge in [0.15, 0.2) is 0 Å². The number of aliphatic hydroxyl groups is 1. The van der Waals surface area contributed by atoms with E-state index in [0.717, 1.165) is 5.56 Å². The van der Waals surface area contributed by atoms with Crippen LogP contribution < -0.4 is 5.73 Å². The van der Waals surface area contributed by atoms with Crippen LogP contribution in [0.15, 0.2) is 42.5 Å². The highest BCUT2D eigenvalue weighted by Gasteiger charge is 2.25. The lowest BCUT2D eigenvalue weighted by atomic mass is 9.87. The third kappa shape index (κ3) is 2.85. The van der Waals surface area contributed by atoms with E-state index < -0.39 is 12.0 Å². The summed E-state index contributed by atoms with van der Waals surface area (Å²) in [6.45, 7) is 1.98. The normalized spacial score (nSPS) is 14.1. The summed E-state index contributed by atoms with van der Waals surface area (Å²) in [7, 11) is 0. The third-order valence-electron chi connectivity index (χ3n) is 3.57. The van der Waals surface area contributed by atoms with Gasteiger partial charge in [-0.3, -0.25) is 0 Å². The van der Waals surface area contributed by atoms with Crippen LogP contribution in [0.1, 0.15) is 28.7 Å². The summed E-state index contributed by atoms with van der Waals surface area (Å²) in [5.74, 6) is -0.866. The lowest BCUT2D eigenvalue weighted by Crippen LogP contribution is -2.21. The molecule has 20 heavy (non-hydrogen) atoms. The first-order valence-electron chi connectivity index (χ1n) is 6.43. The van der Waals surface area contributed by atoms with Gasteiger partial charge in [0.1, 0.15) is 5.82 Å². The van der Waals surface area contributed by atoms with E-state index in [9.17, 15) is 9.50 Å². The molecule has 2 aromatic carbocycles. The number of aliphatic hydroxyl groups excluding tert-OH is 1. The second-order valence-electron chi connectivity index (χ2n) is 4.76. The maximum Gasteiger partial charge on any atom is 0.126 e. The Morgan fingerprint density at radius 1 is 1.15 bits per heavy atom. The van der Waals surface area contributed by atoms with E-state index in [2.05, 4.69) is 0 Å². The molecule has 2 aromatic rings. The van der Waals surface area contributed by atoms with Crippen LogP contribution in [0.4, 0.5) is 4.39 Å². The predicted octanol–water partition coefficient (Wildman–Crippen LogP) is 3.56. The summed E-state index contributed by atoms with van der Waals surface area (Å²) in [4.78, 5) is 0. The Bertz CT molecular complexity index is 603. The molecule has 2 nitrogen and oxygen atoms in total. The molecular formula is C16H17ClFNO. The summed E-state index contributed by atoms with van der Waals surface area (Å²) in [6.07, 6.45) is -0.893. The van der Waals surface area contributed by atoms with Gasteiger partial charge in [-0.05, 0) is 35.7 Å². The molecule has 3 N–H and O–H groups in total. The van der Waals surface area contributed by atoms with Crippen LogP contribution >= 0.6 is 11.6 Å². The van der Waals surface area contributed by atoms with Crippen LogP contribution in [0.3, 0.4) is 0 Å². The Morgan fingerprint density at radius 3 is 2.45 bits per heavy atom. The minimum atomic E-state index is -0.893. The number of halogens is 2. The van der Waals surface area contributed by atoms with E-state index in [-0.39, 0.29) is 12.4 Å². The van der Waals surface area contributed by atoms with Gasteiger partial charge in [-0.2, -0.15) is 0 Å². The predicted molar refractivity (Wildman–Crippen MR) is 79.3 cm³/mol. The van der Waals surface area contributed by atoms with E-state index in [0.29, 0.717) is 16.1 Å². The SMILES string of the molecule is Cc1c(Cl)cccc1C(O)C(CN)c1ccccc1F. The van der Waals surface area contributed by atoms with E-state index >= 15 is 0 Å². The van der Waals surface area contributed by atoms with Crippen molar-refractivity contribution in [1.29, 1.82) is 0 Å². The molecule has 0 bridgehead atoms. The zero-order chi connectivity index (χ0) is 14.7. The van der Waals surface area contributed by atoms with Crippen molar-refractivity contribution in [3.8, 4) is 0 Å². The van der Waals surface area contributed by atoms with Crippen LogP contribution in [-0.4, -0.2) is 11.7 Å². The molecule has 0 fully saturated rings. The van der Waals surface area contributed by atoms with Crippen molar-refractivity contribution in [3.05, 3.63) is 70.0 Å². The molecule has 106 valence electrons. The highest BCUT2D eigenvalue weighted by molar-refractivity contribution is 6.31. The van der Waals surface area contributed by atoms with Gasteiger partial charge < -0.3 is 10.8 Å². The molecular weight excluding hydrogens is 277 g/mol. The highest BCUT2D eigenvalue weighted by atomic mass is 35.5. The van der Waals surface area contributed by atoms with Gasteiger partial charge in [-0.1, -0.05) is 41.9 Å². The van der Waals surface area contributed by atoms with Crippen molar-refractivity contribution < 1.29 is 9.50 Å². The lowest BCUT2D eigenvalue weighted by Gasteiger charge is -2.24. The maximum atomic E-state index is 13.9. The average molecular weight is 294 g/mol. The molecule has 0 aromatic heterocycles. The molecule has 2 rings (SSSR count). The zero-order valence-corrected chi connectivity index (χ0v) is 11.9. The van der Waals surface area contributed by atoms with Crippen molar-refractivity contribution in [1.82, 2.24) is 0 Å². The molecule has 0 aliphatic heterocycles. The fraction of sp³-hybridized carbons (Fsp3) is 0.250. The van der Waals surface area contributed by atoms with E-state index in [1.807, 2.05) is 6.92 Å². The van der Waals surface area contributed by atoms with Gasteiger partial charge in [0.25, 0.3) is 0 Å². The quantitative estimate of drug-likeness (QED) is 0.905. The topological polar surface area (TPSA) is 46.2 Å². The Hall–Kier alpha value is -1.42. The summed E-state index contributed by atoms with van der Waals surface area (Å²) in [5.41, 5.74) is 7.62. The first-order valence-corrected chi connectivity index (χ1v) is 6.81. The Labute approximate surface area is 123 Å². The van der Waals surface area contributed by atoms with Crippen molar-refractivity contribution in [2.75, 3.05) is 6.54 Å². The number of hydrogen-bond donors (Lipinski definition) is 2. The maximum absolute atomic E-state index is 13.9. The molecule has 0 aliphatic carbocycles. The number of nitrogens with two attached hydrogens (primary N) is 1. The van der Waals surface area contributed by atoms with Crippen molar-refractivity contribution in [2.45, 2.75) is 18.9 Å². The van der Waals surface area contributed by atoms with Gasteiger partial charge in [-0.15, -0.1) is 0 Å². The molecule has 0 aliphatic rings. The van der Waals surface area contributed by atoms with Gasteiger partial charge in [0.2, 0.25) is 0 Å². The Morgan fingerprint density at radius 2 is 1.80 bits per heavy atom. The molecule has 2 atom stereocenters. The Balaban J connectivity index is 2.42. The van der Waals surface area contributed by atoms with E-state index in [1.165, 1.54) is 6.07 Å². The molecule has 0 amide bonds. The van der Waals surface area contributed by atoms with Crippen LogP contribution in [0.25, 0.3) is 0 Å². The fourth-order valence-corrected chi connectivity index (χ4v) is 2.54. The first-order chi connectivity index (χ1) is 9.56. The molecule has 2 unspecified atom stereocenters. The molecule has 0 heterocycles. The van der Waals surface area contributed by atoms with Gasteiger partial charge in [-0.25, -0.2) is 4.39 Å². The summed E-state index contributed by atoms with van der Waals surface area (Å²) in [5, 5.41) is 11.1. The zero-order valence-electron chi connectivity index (χ0n) is 11.2. The van der Waals surface area contributed by atoms with Gasteiger partial charge in [0.05, 0.1) is 6.10 Å². The summed E-state index contributed by atoms with van der Waals surface area (Å²) >= 11 is 6.07. The van der Waals surface area contributed by atoms with Crippen LogP contribution in [-0.2, 0) is 0 Å². The first kappa shape index (κ1) is 15.0. The molecule has 0 saturated heterocycles. The van der Waals surface area contributed by atoms with Crippen molar-refractivity contribution >= 4 is 11.6 Å². The van der Waals surface area contributed by atoms with Crippen molar-refractivity contribution in [3.63, 3.8) is 0 Å². The molecule has 4 heteroatoms. The van der Waals surface area contributed by atoms with Crippen LogP contribution in [0.2, 0.25) is 5.02 Å². The molecule has 0 saturated carbocycles. The number of hydrogen-bond acceptors (Lipinski definition) is 2. The van der Waals surface area contributed by atoms with Crippen LogP contribution in [0, 0.1) is 12.7 Å². The lowest BCUT2D eigenvalue weighted by molar-refractivity contribution is 0.145. The average Bonchev–Trinajstić information content (AvgIpc) is 2.44. The van der Waals surface area contributed by atoms with Crippen molar-refractivity contribution in [2.24, 2.45) is 5.73 Å². The van der Waals surface area contributed by atoms with Gasteiger partial charge in [0, 0.05) is 17.5 Å². The molecule has 0 radical (unpaired) electrons. The van der Waals surface area contributed by atoms with E-state index in [1.54, 1.807) is 36.4 Å². The second kappa shape index (κ2) is 6.35. The monoisotopic (exact) mass is 293 g/mol. The standard InChI is InChI=1S/C16H17ClFNO/c1-10-11(6-4-7-14(10)17)16(20)13(9-19)12-5-2-3-8-15(12)18/h2-8,13,16,20H,9,19H2,1H3.